The normalized spacial score (nSPS) is 14.7. The lowest BCUT2D eigenvalue weighted by Crippen LogP contribution is -2.56. The fraction of sp³-hybridized carbons (Fsp3) is 0.435. The van der Waals surface area contributed by atoms with Gasteiger partial charge in [0, 0.05) is 32.4 Å². The van der Waals surface area contributed by atoms with E-state index in [4.69, 9.17) is 20.3 Å². The van der Waals surface area contributed by atoms with E-state index in [9.17, 15) is 19.2 Å². The lowest BCUT2D eigenvalue weighted by atomic mass is 10.1. The van der Waals surface area contributed by atoms with Crippen molar-refractivity contribution in [3.05, 3.63) is 47.0 Å². The molecule has 2 heterocycles. The number of nitrogens with two attached hydrogens (primary N) is 1. The Balaban J connectivity index is 1.58. The van der Waals surface area contributed by atoms with Crippen LogP contribution >= 0.6 is 0 Å². The van der Waals surface area contributed by atoms with Crippen molar-refractivity contribution >= 4 is 23.8 Å². The van der Waals surface area contributed by atoms with Gasteiger partial charge in [-0.3, -0.25) is 14.7 Å². The quantitative estimate of drug-likeness (QED) is 0.493. The fourth-order valence-electron chi connectivity index (χ4n) is 3.60. The Hall–Kier alpha value is -4.13. The Morgan fingerprint density at radius 2 is 1.72 bits per heavy atom. The van der Waals surface area contributed by atoms with E-state index in [1.54, 1.807) is 31.2 Å². The zero-order valence-electron chi connectivity index (χ0n) is 20.3. The first-order valence-electron chi connectivity index (χ1n) is 11.3. The van der Waals surface area contributed by atoms with E-state index in [0.29, 0.717) is 11.4 Å². The van der Waals surface area contributed by atoms with Crippen molar-refractivity contribution in [3.63, 3.8) is 0 Å². The minimum Gasteiger partial charge on any atom is -0.488 e. The summed E-state index contributed by atoms with van der Waals surface area (Å²) in [6, 6.07) is 7.75. The summed E-state index contributed by atoms with van der Waals surface area (Å²) < 4.78 is 11.7. The number of carbonyl (C=O) groups excluding carboxylic acids is 3. The van der Waals surface area contributed by atoms with E-state index in [0.717, 1.165) is 0 Å². The second-order valence-electron chi connectivity index (χ2n) is 8.71. The summed E-state index contributed by atoms with van der Waals surface area (Å²) in [5.74, 6) is 0.234. The van der Waals surface area contributed by atoms with E-state index in [1.807, 2.05) is 0 Å². The molecule has 36 heavy (non-hydrogen) atoms. The molecule has 4 N–H and O–H groups in total. The molecule has 1 aromatic carbocycles. The van der Waals surface area contributed by atoms with E-state index in [2.05, 4.69) is 10.3 Å². The molecule has 3 rings (SSSR count). The Morgan fingerprint density at radius 1 is 1.11 bits per heavy atom. The number of hydrogen-bond acceptors (Lipinski definition) is 8. The molecule has 4 amide bonds. The highest BCUT2D eigenvalue weighted by Crippen LogP contribution is 2.17. The van der Waals surface area contributed by atoms with Crippen LogP contribution in [0.2, 0.25) is 0 Å². The molecule has 0 aliphatic carbocycles. The van der Waals surface area contributed by atoms with Gasteiger partial charge in [0.1, 0.15) is 17.7 Å². The van der Waals surface area contributed by atoms with Crippen LogP contribution in [-0.2, 0) is 9.53 Å². The third-order valence-corrected chi connectivity index (χ3v) is 5.47. The zero-order chi connectivity index (χ0) is 26.5. The number of rotatable bonds is 7. The minimum atomic E-state index is -1.41. The highest BCUT2D eigenvalue weighted by atomic mass is 16.6. The summed E-state index contributed by atoms with van der Waals surface area (Å²) in [5.41, 5.74) is 3.59. The summed E-state index contributed by atoms with van der Waals surface area (Å²) in [6.45, 7) is 5.48. The highest BCUT2D eigenvalue weighted by Gasteiger charge is 2.37. The number of urea groups is 1. The SMILES string of the molecule is CC(CO)Oc1ccc(-n2ccc(NC(=O)N3CCN(C(=O)C(C)(C)OC(N)=O)CC3)nc2=O)cc1. The van der Waals surface area contributed by atoms with E-state index in [-0.39, 0.29) is 44.7 Å². The average molecular weight is 503 g/mol. The van der Waals surface area contributed by atoms with Gasteiger partial charge in [0.15, 0.2) is 5.60 Å². The number of benzene rings is 1. The monoisotopic (exact) mass is 502 g/mol. The molecular formula is C23H30N6O7. The number of aliphatic hydroxyl groups is 1. The van der Waals surface area contributed by atoms with Gasteiger partial charge >= 0.3 is 17.8 Å². The number of aromatic nitrogens is 2. The predicted molar refractivity (Wildman–Crippen MR) is 129 cm³/mol. The summed E-state index contributed by atoms with van der Waals surface area (Å²) in [7, 11) is 0. The van der Waals surface area contributed by atoms with Crippen LogP contribution < -0.4 is 21.5 Å². The van der Waals surface area contributed by atoms with Gasteiger partial charge in [-0.15, -0.1) is 0 Å². The van der Waals surface area contributed by atoms with Gasteiger partial charge in [-0.2, -0.15) is 4.98 Å². The van der Waals surface area contributed by atoms with Crippen molar-refractivity contribution < 1.29 is 29.0 Å². The van der Waals surface area contributed by atoms with Gasteiger partial charge in [-0.1, -0.05) is 0 Å². The lowest BCUT2D eigenvalue weighted by molar-refractivity contribution is -0.149. The molecule has 0 spiro atoms. The molecule has 2 aromatic rings. The molecule has 13 heteroatoms. The van der Waals surface area contributed by atoms with E-state index in [1.165, 1.54) is 40.5 Å². The number of nitrogens with one attached hydrogen (secondary N) is 1. The number of aliphatic hydroxyl groups excluding tert-OH is 1. The molecule has 1 aliphatic heterocycles. The van der Waals surface area contributed by atoms with Gasteiger partial charge in [-0.05, 0) is 51.1 Å². The molecule has 1 atom stereocenters. The molecule has 194 valence electrons. The van der Waals surface area contributed by atoms with E-state index < -0.39 is 29.3 Å². The third-order valence-electron chi connectivity index (χ3n) is 5.47. The maximum atomic E-state index is 12.6. The van der Waals surface area contributed by atoms with Crippen LogP contribution in [0.1, 0.15) is 20.8 Å². The number of amides is 4. The first-order chi connectivity index (χ1) is 17.0. The van der Waals surface area contributed by atoms with Gasteiger partial charge in [-0.25, -0.2) is 14.4 Å². The number of primary amides is 1. The van der Waals surface area contributed by atoms with Crippen molar-refractivity contribution in [2.45, 2.75) is 32.5 Å². The molecule has 1 unspecified atom stereocenters. The Bertz CT molecular complexity index is 1160. The van der Waals surface area contributed by atoms with Crippen molar-refractivity contribution in [2.24, 2.45) is 5.73 Å². The number of ether oxygens (including phenoxy) is 2. The molecule has 1 aliphatic rings. The maximum absolute atomic E-state index is 12.6. The van der Waals surface area contributed by atoms with Crippen LogP contribution in [0.25, 0.3) is 5.69 Å². The number of anilines is 1. The van der Waals surface area contributed by atoms with Crippen molar-refractivity contribution in [3.8, 4) is 11.4 Å². The molecule has 0 saturated carbocycles. The largest absolute Gasteiger partial charge is 0.488 e. The maximum Gasteiger partial charge on any atom is 0.405 e. The molecule has 0 radical (unpaired) electrons. The minimum absolute atomic E-state index is 0.0903. The van der Waals surface area contributed by atoms with Gasteiger partial charge in [0.25, 0.3) is 5.91 Å². The lowest BCUT2D eigenvalue weighted by Gasteiger charge is -2.37. The fourth-order valence-corrected chi connectivity index (χ4v) is 3.60. The Labute approximate surface area is 207 Å². The zero-order valence-corrected chi connectivity index (χ0v) is 20.3. The predicted octanol–water partition coefficient (Wildman–Crippen LogP) is 0.542. The Morgan fingerprint density at radius 3 is 2.28 bits per heavy atom. The molecule has 1 fully saturated rings. The number of hydrogen-bond donors (Lipinski definition) is 3. The topological polar surface area (TPSA) is 169 Å². The van der Waals surface area contributed by atoms with Gasteiger partial charge in [0.2, 0.25) is 0 Å². The van der Waals surface area contributed by atoms with Crippen LogP contribution in [0, 0.1) is 0 Å². The van der Waals surface area contributed by atoms with Crippen molar-refractivity contribution in [1.29, 1.82) is 0 Å². The average Bonchev–Trinajstić information content (AvgIpc) is 2.83. The summed E-state index contributed by atoms with van der Waals surface area (Å²) in [5, 5.41) is 11.7. The Kier molecular flexibility index (Phi) is 8.14. The first-order valence-corrected chi connectivity index (χ1v) is 11.3. The molecule has 1 aromatic heterocycles. The molecule has 0 bridgehead atoms. The highest BCUT2D eigenvalue weighted by molar-refractivity contribution is 5.89. The summed E-state index contributed by atoms with van der Waals surface area (Å²) in [4.78, 5) is 55.7. The van der Waals surface area contributed by atoms with Crippen LogP contribution in [-0.4, -0.2) is 87.0 Å². The standard InChI is InChI=1S/C23H30N6O7/c1-15(14-30)35-17-6-4-16(5-7-17)29-9-8-18(26-22(29)34)25-21(33)28-12-10-27(11-13-28)19(31)23(2,3)36-20(24)32/h4-9,15,30H,10-14H2,1-3H3,(H2,24,32)(H,25,26,33,34). The third kappa shape index (κ3) is 6.50. The van der Waals surface area contributed by atoms with E-state index >= 15 is 0 Å². The number of piperazine rings is 1. The van der Waals surface area contributed by atoms with Crippen LogP contribution in [0.5, 0.6) is 5.75 Å². The van der Waals surface area contributed by atoms with Gasteiger partial charge in [0.05, 0.1) is 12.3 Å². The van der Waals surface area contributed by atoms with Crippen molar-refractivity contribution in [2.75, 3.05) is 38.1 Å². The van der Waals surface area contributed by atoms with Crippen LogP contribution in [0.15, 0.2) is 41.3 Å². The number of carbonyl (C=O) groups is 3. The van der Waals surface area contributed by atoms with Crippen LogP contribution in [0.4, 0.5) is 15.4 Å². The van der Waals surface area contributed by atoms with Gasteiger partial charge < -0.3 is 30.1 Å². The second-order valence-corrected chi connectivity index (χ2v) is 8.71. The summed E-state index contributed by atoms with van der Waals surface area (Å²) >= 11 is 0. The molecule has 1 saturated heterocycles. The smallest absolute Gasteiger partial charge is 0.405 e. The first kappa shape index (κ1) is 26.5. The van der Waals surface area contributed by atoms with Crippen molar-refractivity contribution in [1.82, 2.24) is 19.4 Å². The van der Waals surface area contributed by atoms with Crippen LogP contribution in [0.3, 0.4) is 0 Å². The second kappa shape index (κ2) is 11.1. The summed E-state index contributed by atoms with van der Waals surface area (Å²) in [6.07, 6.45) is 0.1000. The molecule has 13 nitrogen and oxygen atoms in total. The molecular weight excluding hydrogens is 472 g/mol. The number of nitrogens with zero attached hydrogens (tertiary/aromatic N) is 4.